The molecule has 0 heterocycles. The number of nitro benzene ring substituents is 1. The van der Waals surface area contributed by atoms with Crippen molar-refractivity contribution < 1.29 is 14.8 Å². The fourth-order valence-electron chi connectivity index (χ4n) is 1.53. The number of nitrogens with zero attached hydrogens (tertiary/aromatic N) is 1. The van der Waals surface area contributed by atoms with Gasteiger partial charge in [-0.15, -0.1) is 0 Å². The van der Waals surface area contributed by atoms with E-state index in [1.54, 1.807) is 18.2 Å². The van der Waals surface area contributed by atoms with E-state index in [2.05, 4.69) is 15.9 Å². The summed E-state index contributed by atoms with van der Waals surface area (Å²) in [5.74, 6) is 0.736. The van der Waals surface area contributed by atoms with Gasteiger partial charge >= 0.3 is 0 Å². The van der Waals surface area contributed by atoms with Gasteiger partial charge in [-0.1, -0.05) is 17.7 Å². The molecule has 0 aliphatic heterocycles. The molecule has 0 aromatic heterocycles. The van der Waals surface area contributed by atoms with Crippen LogP contribution in [0, 0.1) is 10.1 Å². The van der Waals surface area contributed by atoms with Gasteiger partial charge in [-0.25, -0.2) is 0 Å². The summed E-state index contributed by atoms with van der Waals surface area (Å²) in [6.07, 6.45) is 0. The summed E-state index contributed by atoms with van der Waals surface area (Å²) >= 11 is 9.22. The van der Waals surface area contributed by atoms with Gasteiger partial charge in [-0.2, -0.15) is 0 Å². The summed E-state index contributed by atoms with van der Waals surface area (Å²) in [5, 5.41) is 20.1. The van der Waals surface area contributed by atoms with Crippen LogP contribution in [0.5, 0.6) is 11.5 Å². The Bertz CT molecular complexity index is 663. The third kappa shape index (κ3) is 3.27. The van der Waals surface area contributed by atoms with Crippen molar-refractivity contribution in [1.29, 1.82) is 0 Å². The highest BCUT2D eigenvalue weighted by Gasteiger charge is 2.12. The van der Waals surface area contributed by atoms with E-state index in [0.717, 1.165) is 0 Å². The number of nitro groups is 1. The molecule has 0 aliphatic carbocycles. The molecule has 5 nitrogen and oxygen atoms in total. The van der Waals surface area contributed by atoms with Gasteiger partial charge in [0.2, 0.25) is 0 Å². The molecule has 0 radical (unpaired) electrons. The van der Waals surface area contributed by atoms with Gasteiger partial charge in [0, 0.05) is 11.1 Å². The standard InChI is InChI=1S/C13H9BrClNO4/c14-11-4-2-9(16(18)19)5-13(11)20-10-3-1-8(7-17)12(15)6-10/h1-6,17H,7H2. The molecule has 0 unspecified atom stereocenters. The maximum atomic E-state index is 10.7. The number of aliphatic hydroxyl groups is 1. The number of rotatable bonds is 4. The molecule has 0 spiro atoms. The summed E-state index contributed by atoms with van der Waals surface area (Å²) < 4.78 is 6.15. The minimum atomic E-state index is -0.499. The molecule has 1 N–H and O–H groups in total. The smallest absolute Gasteiger partial charge is 0.273 e. The van der Waals surface area contributed by atoms with Crippen LogP contribution in [0.1, 0.15) is 5.56 Å². The second kappa shape index (κ2) is 6.21. The van der Waals surface area contributed by atoms with Gasteiger partial charge < -0.3 is 9.84 Å². The molecule has 0 amide bonds. The van der Waals surface area contributed by atoms with Gasteiger partial charge in [0.05, 0.1) is 22.1 Å². The van der Waals surface area contributed by atoms with Crippen molar-refractivity contribution in [1.82, 2.24) is 0 Å². The van der Waals surface area contributed by atoms with Gasteiger partial charge in [0.25, 0.3) is 5.69 Å². The molecule has 0 saturated heterocycles. The number of hydrogen-bond donors (Lipinski definition) is 1. The van der Waals surface area contributed by atoms with Crippen molar-refractivity contribution in [3.05, 3.63) is 61.6 Å². The predicted molar refractivity (Wildman–Crippen MR) is 78.2 cm³/mol. The third-order valence-corrected chi connectivity index (χ3v) is 3.56. The van der Waals surface area contributed by atoms with E-state index >= 15 is 0 Å². The first-order valence-electron chi connectivity index (χ1n) is 5.52. The molecular formula is C13H9BrClNO4. The first kappa shape index (κ1) is 14.8. The van der Waals surface area contributed by atoms with Crippen LogP contribution < -0.4 is 4.74 Å². The van der Waals surface area contributed by atoms with E-state index in [4.69, 9.17) is 21.4 Å². The minimum absolute atomic E-state index is 0.0683. The number of halogens is 2. The Hall–Kier alpha value is -1.63. The van der Waals surface area contributed by atoms with E-state index in [1.807, 2.05) is 0 Å². The van der Waals surface area contributed by atoms with E-state index in [1.165, 1.54) is 18.2 Å². The second-order valence-corrected chi connectivity index (χ2v) is 5.15. The van der Waals surface area contributed by atoms with E-state index < -0.39 is 4.92 Å². The topological polar surface area (TPSA) is 72.6 Å². The summed E-state index contributed by atoms with van der Waals surface area (Å²) in [6, 6.07) is 9.03. The number of non-ortho nitro benzene ring substituents is 1. The highest BCUT2D eigenvalue weighted by atomic mass is 79.9. The highest BCUT2D eigenvalue weighted by molar-refractivity contribution is 9.10. The zero-order valence-electron chi connectivity index (χ0n) is 10.0. The molecule has 0 saturated carbocycles. The van der Waals surface area contributed by atoms with Gasteiger partial charge in [-0.3, -0.25) is 10.1 Å². The molecule has 2 rings (SSSR count). The van der Waals surface area contributed by atoms with Gasteiger partial charge in [-0.05, 0) is 39.7 Å². The maximum absolute atomic E-state index is 10.7. The Morgan fingerprint density at radius 2 is 2.05 bits per heavy atom. The molecular weight excluding hydrogens is 350 g/mol. The Balaban J connectivity index is 2.32. The first-order chi connectivity index (χ1) is 9.51. The normalized spacial score (nSPS) is 10.3. The van der Waals surface area contributed by atoms with Crippen molar-refractivity contribution in [2.45, 2.75) is 6.61 Å². The van der Waals surface area contributed by atoms with Crippen LogP contribution in [0.25, 0.3) is 0 Å². The lowest BCUT2D eigenvalue weighted by atomic mass is 10.2. The average Bonchev–Trinajstić information content (AvgIpc) is 2.41. The largest absolute Gasteiger partial charge is 0.456 e. The molecule has 2 aromatic rings. The number of aliphatic hydroxyl groups excluding tert-OH is 1. The highest BCUT2D eigenvalue weighted by Crippen LogP contribution is 2.34. The Morgan fingerprint density at radius 1 is 1.30 bits per heavy atom. The monoisotopic (exact) mass is 357 g/mol. The van der Waals surface area contributed by atoms with Crippen LogP contribution in [-0.4, -0.2) is 10.0 Å². The van der Waals surface area contributed by atoms with Crippen LogP contribution in [0.3, 0.4) is 0 Å². The molecule has 20 heavy (non-hydrogen) atoms. The molecule has 0 fully saturated rings. The lowest BCUT2D eigenvalue weighted by molar-refractivity contribution is -0.384. The van der Waals surface area contributed by atoms with Crippen molar-refractivity contribution in [3.63, 3.8) is 0 Å². The number of hydrogen-bond acceptors (Lipinski definition) is 4. The Morgan fingerprint density at radius 3 is 2.65 bits per heavy atom. The van der Waals surface area contributed by atoms with E-state index in [0.29, 0.717) is 26.6 Å². The lowest BCUT2D eigenvalue weighted by Crippen LogP contribution is -1.92. The number of benzene rings is 2. The van der Waals surface area contributed by atoms with Crippen molar-refractivity contribution in [2.24, 2.45) is 0 Å². The molecule has 0 atom stereocenters. The number of ether oxygens (including phenoxy) is 1. The fourth-order valence-corrected chi connectivity index (χ4v) is 2.09. The van der Waals surface area contributed by atoms with Crippen molar-refractivity contribution in [3.8, 4) is 11.5 Å². The summed E-state index contributed by atoms with van der Waals surface area (Å²) in [4.78, 5) is 10.2. The molecule has 7 heteroatoms. The minimum Gasteiger partial charge on any atom is -0.456 e. The van der Waals surface area contributed by atoms with Crippen LogP contribution >= 0.6 is 27.5 Å². The Kier molecular flexibility index (Phi) is 4.59. The molecule has 104 valence electrons. The zero-order valence-corrected chi connectivity index (χ0v) is 12.4. The zero-order chi connectivity index (χ0) is 14.7. The van der Waals surface area contributed by atoms with Crippen LogP contribution in [0.15, 0.2) is 40.9 Å². The van der Waals surface area contributed by atoms with Gasteiger partial charge in [0.15, 0.2) is 0 Å². The Labute approximate surface area is 128 Å². The van der Waals surface area contributed by atoms with Gasteiger partial charge in [0.1, 0.15) is 11.5 Å². The molecule has 0 aliphatic rings. The summed E-state index contributed by atoms with van der Waals surface area (Å²) in [6.45, 7) is -0.167. The van der Waals surface area contributed by atoms with Crippen molar-refractivity contribution in [2.75, 3.05) is 0 Å². The quantitative estimate of drug-likeness (QED) is 0.653. The SMILES string of the molecule is O=[N+]([O-])c1ccc(Br)c(Oc2ccc(CO)c(Cl)c2)c1. The molecule has 0 bridgehead atoms. The van der Waals surface area contributed by atoms with Crippen molar-refractivity contribution >= 4 is 33.2 Å². The van der Waals surface area contributed by atoms with Crippen LogP contribution in [0.2, 0.25) is 5.02 Å². The summed E-state index contributed by atoms with van der Waals surface area (Å²) in [7, 11) is 0. The van der Waals surface area contributed by atoms with E-state index in [9.17, 15) is 10.1 Å². The maximum Gasteiger partial charge on any atom is 0.273 e. The fraction of sp³-hybridized carbons (Fsp3) is 0.0769. The van der Waals surface area contributed by atoms with Crippen LogP contribution in [-0.2, 0) is 6.61 Å². The third-order valence-electron chi connectivity index (χ3n) is 2.55. The predicted octanol–water partition coefficient (Wildman–Crippen LogP) is 4.30. The van der Waals surface area contributed by atoms with Crippen LogP contribution in [0.4, 0.5) is 5.69 Å². The molecule has 2 aromatic carbocycles. The van der Waals surface area contributed by atoms with E-state index in [-0.39, 0.29) is 12.3 Å². The first-order valence-corrected chi connectivity index (χ1v) is 6.69. The second-order valence-electron chi connectivity index (χ2n) is 3.89. The average molecular weight is 359 g/mol. The summed E-state index contributed by atoms with van der Waals surface area (Å²) in [5.41, 5.74) is 0.512. The lowest BCUT2D eigenvalue weighted by Gasteiger charge is -2.09.